The first-order valence-corrected chi connectivity index (χ1v) is 5.94. The summed E-state index contributed by atoms with van der Waals surface area (Å²) in [4.78, 5) is 30.4. The van der Waals surface area contributed by atoms with Gasteiger partial charge >= 0.3 is 5.97 Å². The van der Waals surface area contributed by atoms with Gasteiger partial charge in [0.15, 0.2) is 5.13 Å². The van der Waals surface area contributed by atoms with E-state index in [0.717, 1.165) is 11.3 Å². The Kier molecular flexibility index (Phi) is 3.42. The molecule has 0 spiro atoms. The van der Waals surface area contributed by atoms with Crippen molar-refractivity contribution < 1.29 is 14.3 Å². The topological polar surface area (TPSA) is 84.1 Å². The van der Waals surface area contributed by atoms with Gasteiger partial charge in [0.05, 0.1) is 12.8 Å². The molecule has 0 aliphatic rings. The Hall–Kier alpha value is -2.15. The van der Waals surface area contributed by atoms with Crippen LogP contribution in [0, 0.1) is 6.92 Å². The van der Waals surface area contributed by atoms with Gasteiger partial charge in [0.25, 0.3) is 5.91 Å². The van der Waals surface area contributed by atoms with Gasteiger partial charge in [-0.25, -0.2) is 9.78 Å². The molecule has 0 aromatic carbocycles. The van der Waals surface area contributed by atoms with E-state index in [-0.39, 0.29) is 5.91 Å². The molecule has 94 valence electrons. The normalized spacial score (nSPS) is 10.1. The number of amides is 1. The zero-order chi connectivity index (χ0) is 13.1. The van der Waals surface area contributed by atoms with Gasteiger partial charge in [0, 0.05) is 6.20 Å². The van der Waals surface area contributed by atoms with Gasteiger partial charge in [-0.3, -0.25) is 10.1 Å². The fourth-order valence-electron chi connectivity index (χ4n) is 1.37. The number of rotatable bonds is 3. The first-order valence-electron chi connectivity index (χ1n) is 5.12. The Bertz CT molecular complexity index is 574. The van der Waals surface area contributed by atoms with E-state index in [2.05, 4.69) is 20.0 Å². The maximum Gasteiger partial charge on any atom is 0.350 e. The second-order valence-electron chi connectivity index (χ2n) is 3.46. The monoisotopic (exact) mass is 265 g/mol. The van der Waals surface area contributed by atoms with Crippen molar-refractivity contribution in [2.45, 2.75) is 6.92 Å². The summed E-state index contributed by atoms with van der Waals surface area (Å²) in [6.45, 7) is 1.69. The zero-order valence-electron chi connectivity index (χ0n) is 9.81. The Morgan fingerprint density at radius 3 is 2.89 bits per heavy atom. The molecule has 0 aliphatic heterocycles. The van der Waals surface area contributed by atoms with Crippen LogP contribution in [0.3, 0.4) is 0 Å². The first-order chi connectivity index (χ1) is 8.61. The number of anilines is 1. The fourth-order valence-corrected chi connectivity index (χ4v) is 2.25. The van der Waals surface area contributed by atoms with Crippen LogP contribution >= 0.6 is 11.3 Å². The van der Waals surface area contributed by atoms with Gasteiger partial charge < -0.3 is 9.72 Å². The summed E-state index contributed by atoms with van der Waals surface area (Å²) in [5.74, 6) is -0.754. The number of methoxy groups -OCH3 is 1. The van der Waals surface area contributed by atoms with Crippen molar-refractivity contribution in [2.75, 3.05) is 12.4 Å². The van der Waals surface area contributed by atoms with Crippen LogP contribution < -0.4 is 5.32 Å². The van der Waals surface area contributed by atoms with Gasteiger partial charge in [-0.05, 0) is 19.1 Å². The molecule has 0 bridgehead atoms. The number of aryl methyl sites for hydroxylation is 1. The van der Waals surface area contributed by atoms with Crippen molar-refractivity contribution in [3.63, 3.8) is 0 Å². The largest absolute Gasteiger partial charge is 0.465 e. The summed E-state index contributed by atoms with van der Waals surface area (Å²) in [5, 5.41) is 2.98. The van der Waals surface area contributed by atoms with Crippen molar-refractivity contribution in [1.82, 2.24) is 9.97 Å². The highest BCUT2D eigenvalue weighted by atomic mass is 32.1. The van der Waals surface area contributed by atoms with E-state index in [1.165, 1.54) is 7.11 Å². The number of thiazole rings is 1. The van der Waals surface area contributed by atoms with E-state index in [9.17, 15) is 9.59 Å². The molecule has 0 atom stereocenters. The molecule has 2 aromatic heterocycles. The third-order valence-corrected chi connectivity index (χ3v) is 3.28. The highest BCUT2D eigenvalue weighted by Crippen LogP contribution is 2.23. The van der Waals surface area contributed by atoms with Crippen molar-refractivity contribution in [3.05, 3.63) is 34.6 Å². The lowest BCUT2D eigenvalue weighted by atomic mass is 10.4. The summed E-state index contributed by atoms with van der Waals surface area (Å²) in [5.41, 5.74) is 0.969. The molecule has 0 saturated heterocycles. The number of ether oxygens (including phenoxy) is 1. The van der Waals surface area contributed by atoms with E-state index in [1.54, 1.807) is 25.3 Å². The molecule has 0 fully saturated rings. The molecule has 2 heterocycles. The Labute approximate surface area is 107 Å². The van der Waals surface area contributed by atoms with E-state index in [1.807, 2.05) is 0 Å². The van der Waals surface area contributed by atoms with Gasteiger partial charge in [-0.15, -0.1) is 0 Å². The first kappa shape index (κ1) is 12.3. The Balaban J connectivity index is 2.16. The number of aromatic amines is 1. The average molecular weight is 265 g/mol. The number of hydrogen-bond acceptors (Lipinski definition) is 5. The van der Waals surface area contributed by atoms with E-state index in [0.29, 0.717) is 21.4 Å². The number of carbonyl (C=O) groups excluding carboxylic acids is 2. The Morgan fingerprint density at radius 2 is 2.28 bits per heavy atom. The van der Waals surface area contributed by atoms with Gasteiger partial charge in [0.1, 0.15) is 10.6 Å². The third-order valence-electron chi connectivity index (χ3n) is 2.23. The molecule has 0 saturated carbocycles. The quantitative estimate of drug-likeness (QED) is 0.829. The van der Waals surface area contributed by atoms with Crippen molar-refractivity contribution in [2.24, 2.45) is 0 Å². The van der Waals surface area contributed by atoms with Gasteiger partial charge in [-0.2, -0.15) is 0 Å². The molecule has 0 aliphatic carbocycles. The van der Waals surface area contributed by atoms with Crippen LogP contribution in [0.4, 0.5) is 5.13 Å². The minimum Gasteiger partial charge on any atom is -0.465 e. The molecule has 0 unspecified atom stereocenters. The summed E-state index contributed by atoms with van der Waals surface area (Å²) in [7, 11) is 1.30. The van der Waals surface area contributed by atoms with Crippen LogP contribution in [0.2, 0.25) is 0 Å². The number of nitrogens with zero attached hydrogens (tertiary/aromatic N) is 1. The van der Waals surface area contributed by atoms with Crippen molar-refractivity contribution >= 4 is 28.3 Å². The molecule has 18 heavy (non-hydrogen) atoms. The average Bonchev–Trinajstić information content (AvgIpc) is 2.97. The highest BCUT2D eigenvalue weighted by molar-refractivity contribution is 7.17. The predicted octanol–water partition coefficient (Wildman–Crippen LogP) is 1.82. The van der Waals surface area contributed by atoms with E-state index < -0.39 is 5.97 Å². The smallest absolute Gasteiger partial charge is 0.350 e. The summed E-state index contributed by atoms with van der Waals surface area (Å²) >= 11 is 1.09. The molecule has 7 heteroatoms. The van der Waals surface area contributed by atoms with Gasteiger partial charge in [-0.1, -0.05) is 11.3 Å². The number of esters is 1. The molecule has 6 nitrogen and oxygen atoms in total. The minimum atomic E-state index is -0.453. The predicted molar refractivity (Wildman–Crippen MR) is 66.9 cm³/mol. The van der Waals surface area contributed by atoms with Crippen LogP contribution in [0.25, 0.3) is 0 Å². The number of hydrogen-bond donors (Lipinski definition) is 2. The fraction of sp³-hybridized carbons (Fsp3) is 0.182. The van der Waals surface area contributed by atoms with Crippen LogP contribution in [-0.2, 0) is 4.74 Å². The van der Waals surface area contributed by atoms with Crippen LogP contribution in [0.5, 0.6) is 0 Å². The summed E-state index contributed by atoms with van der Waals surface area (Å²) < 4.78 is 4.62. The second kappa shape index (κ2) is 5.01. The molecular weight excluding hydrogens is 254 g/mol. The minimum absolute atomic E-state index is 0.301. The lowest BCUT2D eigenvalue weighted by Gasteiger charge is -1.97. The molecule has 2 rings (SSSR count). The number of carbonyl (C=O) groups is 2. The maximum atomic E-state index is 11.7. The number of nitrogens with one attached hydrogen (secondary N) is 2. The number of H-pyrrole nitrogens is 1. The van der Waals surface area contributed by atoms with Crippen LogP contribution in [-0.4, -0.2) is 29.0 Å². The van der Waals surface area contributed by atoms with Crippen molar-refractivity contribution in [3.8, 4) is 0 Å². The standard InChI is InChI=1S/C11H11N3O3S/c1-6-8(10(16)17-2)18-11(13-6)14-9(15)7-4-3-5-12-7/h3-5,12H,1-2H3,(H,13,14,15). The Morgan fingerprint density at radius 1 is 1.50 bits per heavy atom. The zero-order valence-corrected chi connectivity index (χ0v) is 10.6. The van der Waals surface area contributed by atoms with Gasteiger partial charge in [0.2, 0.25) is 0 Å². The van der Waals surface area contributed by atoms with Crippen LogP contribution in [0.15, 0.2) is 18.3 Å². The summed E-state index contributed by atoms with van der Waals surface area (Å²) in [6.07, 6.45) is 1.65. The van der Waals surface area contributed by atoms with E-state index >= 15 is 0 Å². The molecule has 2 N–H and O–H groups in total. The van der Waals surface area contributed by atoms with Crippen molar-refractivity contribution in [1.29, 1.82) is 0 Å². The lowest BCUT2D eigenvalue weighted by molar-refractivity contribution is 0.0605. The summed E-state index contributed by atoms with van der Waals surface area (Å²) in [6, 6.07) is 3.37. The maximum absolute atomic E-state index is 11.7. The van der Waals surface area contributed by atoms with E-state index in [4.69, 9.17) is 0 Å². The highest BCUT2D eigenvalue weighted by Gasteiger charge is 2.17. The van der Waals surface area contributed by atoms with Crippen LogP contribution in [0.1, 0.15) is 25.9 Å². The second-order valence-corrected chi connectivity index (χ2v) is 4.46. The molecule has 1 amide bonds. The molecule has 0 radical (unpaired) electrons. The molecular formula is C11H11N3O3S. The molecule has 2 aromatic rings. The third kappa shape index (κ3) is 2.40. The lowest BCUT2D eigenvalue weighted by Crippen LogP contribution is -2.11. The number of aromatic nitrogens is 2. The SMILES string of the molecule is COC(=O)c1sc(NC(=O)c2ccc[nH]2)nc1C.